The van der Waals surface area contributed by atoms with E-state index in [1.807, 2.05) is 0 Å². The van der Waals surface area contributed by atoms with Gasteiger partial charge in [-0.2, -0.15) is 0 Å². The van der Waals surface area contributed by atoms with Crippen molar-refractivity contribution in [3.05, 3.63) is 0 Å². The van der Waals surface area contributed by atoms with Crippen molar-refractivity contribution in [2.24, 2.45) is 11.1 Å². The van der Waals surface area contributed by atoms with Crippen LogP contribution in [0.3, 0.4) is 0 Å². The third kappa shape index (κ3) is 2.80. The van der Waals surface area contributed by atoms with Crippen LogP contribution in [0.2, 0.25) is 0 Å². The van der Waals surface area contributed by atoms with Crippen LogP contribution >= 0.6 is 12.2 Å². The van der Waals surface area contributed by atoms with Gasteiger partial charge in [0.2, 0.25) is 5.91 Å². The second kappa shape index (κ2) is 5.65. The number of likely N-dealkylation sites (tertiary alicyclic amines) is 1. The lowest BCUT2D eigenvalue weighted by atomic mass is 9.91. The molecule has 6 heteroatoms. The Morgan fingerprint density at radius 2 is 2.11 bits per heavy atom. The van der Waals surface area contributed by atoms with E-state index in [9.17, 15) is 9.59 Å². The van der Waals surface area contributed by atoms with Crippen LogP contribution in [0, 0.1) is 5.41 Å². The summed E-state index contributed by atoms with van der Waals surface area (Å²) < 4.78 is 4.98. The van der Waals surface area contributed by atoms with E-state index in [0.717, 1.165) is 6.42 Å². The Balaban J connectivity index is 2.85. The standard InChI is InChI=1S/C12H20N2O3S/c1-4-17-9(15)8-6-5-7-14(8)11(16)12(2,3)10(13)18/h8H,4-7H2,1-3H3,(H2,13,18). The first-order valence-electron chi connectivity index (χ1n) is 6.10. The van der Waals surface area contributed by atoms with Crippen molar-refractivity contribution < 1.29 is 14.3 Å². The van der Waals surface area contributed by atoms with Crippen molar-refractivity contribution in [2.45, 2.75) is 39.7 Å². The maximum atomic E-state index is 12.4. The molecule has 0 aliphatic carbocycles. The summed E-state index contributed by atoms with van der Waals surface area (Å²) in [6.07, 6.45) is 1.43. The Kier molecular flexibility index (Phi) is 4.67. The SMILES string of the molecule is CCOC(=O)C1CCCN1C(=O)C(C)(C)C(N)=S. The summed E-state index contributed by atoms with van der Waals surface area (Å²) in [4.78, 5) is 25.8. The molecule has 1 heterocycles. The Hall–Kier alpha value is -1.17. The van der Waals surface area contributed by atoms with Gasteiger partial charge >= 0.3 is 5.97 Å². The average molecular weight is 272 g/mol. The molecule has 0 radical (unpaired) electrons. The molecular formula is C12H20N2O3S. The Morgan fingerprint density at radius 3 is 2.61 bits per heavy atom. The second-order valence-electron chi connectivity index (χ2n) is 4.90. The van der Waals surface area contributed by atoms with E-state index in [0.29, 0.717) is 19.6 Å². The summed E-state index contributed by atoms with van der Waals surface area (Å²) in [7, 11) is 0. The van der Waals surface area contributed by atoms with Crippen LogP contribution in [-0.2, 0) is 14.3 Å². The van der Waals surface area contributed by atoms with Crippen molar-refractivity contribution in [2.75, 3.05) is 13.2 Å². The number of amides is 1. The number of hydrogen-bond donors (Lipinski definition) is 1. The van der Waals surface area contributed by atoms with Gasteiger partial charge in [0.05, 0.1) is 17.0 Å². The lowest BCUT2D eigenvalue weighted by Gasteiger charge is -2.31. The van der Waals surface area contributed by atoms with Crippen LogP contribution in [-0.4, -0.2) is 41.0 Å². The highest BCUT2D eigenvalue weighted by molar-refractivity contribution is 7.80. The molecule has 1 unspecified atom stereocenters. The topological polar surface area (TPSA) is 72.6 Å². The molecule has 2 N–H and O–H groups in total. The lowest BCUT2D eigenvalue weighted by Crippen LogP contribution is -2.51. The Morgan fingerprint density at radius 1 is 1.50 bits per heavy atom. The zero-order valence-electron chi connectivity index (χ0n) is 11.1. The minimum atomic E-state index is -0.926. The molecule has 0 spiro atoms. The monoisotopic (exact) mass is 272 g/mol. The average Bonchev–Trinajstić information content (AvgIpc) is 2.76. The van der Waals surface area contributed by atoms with Gasteiger partial charge in [-0.3, -0.25) is 4.79 Å². The van der Waals surface area contributed by atoms with Gasteiger partial charge in [0.15, 0.2) is 0 Å². The van der Waals surface area contributed by atoms with Crippen molar-refractivity contribution in [1.82, 2.24) is 4.90 Å². The molecule has 0 aromatic carbocycles. The van der Waals surface area contributed by atoms with Crippen LogP contribution in [0.15, 0.2) is 0 Å². The van der Waals surface area contributed by atoms with Gasteiger partial charge in [0, 0.05) is 6.54 Å². The summed E-state index contributed by atoms with van der Waals surface area (Å²) in [6, 6.07) is -0.494. The summed E-state index contributed by atoms with van der Waals surface area (Å²) in [5.74, 6) is -0.548. The first-order chi connectivity index (χ1) is 8.32. The summed E-state index contributed by atoms with van der Waals surface area (Å²) in [5, 5.41) is 0. The van der Waals surface area contributed by atoms with Gasteiger partial charge in [-0.1, -0.05) is 12.2 Å². The maximum absolute atomic E-state index is 12.4. The number of thiocarbonyl (C=S) groups is 1. The molecular weight excluding hydrogens is 252 g/mol. The fourth-order valence-electron chi connectivity index (χ4n) is 1.96. The molecule has 5 nitrogen and oxygen atoms in total. The molecule has 1 fully saturated rings. The molecule has 1 atom stereocenters. The quantitative estimate of drug-likeness (QED) is 0.607. The third-order valence-electron chi connectivity index (χ3n) is 3.22. The maximum Gasteiger partial charge on any atom is 0.328 e. The van der Waals surface area contributed by atoms with Crippen LogP contribution in [0.1, 0.15) is 33.6 Å². The fraction of sp³-hybridized carbons (Fsp3) is 0.750. The molecule has 102 valence electrons. The van der Waals surface area contributed by atoms with Crippen LogP contribution < -0.4 is 5.73 Å². The molecule has 0 aromatic heterocycles. The van der Waals surface area contributed by atoms with Gasteiger partial charge in [-0.05, 0) is 33.6 Å². The van der Waals surface area contributed by atoms with Gasteiger partial charge in [-0.15, -0.1) is 0 Å². The molecule has 1 aliphatic rings. The van der Waals surface area contributed by atoms with Crippen molar-refractivity contribution in [3.63, 3.8) is 0 Å². The zero-order valence-corrected chi connectivity index (χ0v) is 11.9. The van der Waals surface area contributed by atoms with E-state index in [2.05, 4.69) is 0 Å². The third-order valence-corrected chi connectivity index (χ3v) is 3.73. The first kappa shape index (κ1) is 14.9. The van der Waals surface area contributed by atoms with E-state index in [-0.39, 0.29) is 16.9 Å². The number of carbonyl (C=O) groups excluding carboxylic acids is 2. The molecule has 1 saturated heterocycles. The van der Waals surface area contributed by atoms with Crippen LogP contribution in [0.5, 0.6) is 0 Å². The van der Waals surface area contributed by atoms with Crippen molar-refractivity contribution >= 4 is 29.1 Å². The second-order valence-corrected chi connectivity index (χ2v) is 5.34. The summed E-state index contributed by atoms with van der Waals surface area (Å²) in [5.41, 5.74) is 4.66. The molecule has 0 saturated carbocycles. The molecule has 1 aliphatic heterocycles. The van der Waals surface area contributed by atoms with Crippen molar-refractivity contribution in [3.8, 4) is 0 Å². The Bertz CT molecular complexity index is 368. The molecule has 0 aromatic rings. The highest BCUT2D eigenvalue weighted by atomic mass is 32.1. The number of nitrogens with zero attached hydrogens (tertiary/aromatic N) is 1. The van der Waals surface area contributed by atoms with Crippen molar-refractivity contribution in [1.29, 1.82) is 0 Å². The summed E-state index contributed by atoms with van der Waals surface area (Å²) >= 11 is 4.91. The Labute approximate surface area is 113 Å². The predicted octanol–water partition coefficient (Wildman–Crippen LogP) is 0.853. The van der Waals surface area contributed by atoms with Gasteiger partial charge < -0.3 is 15.4 Å². The van der Waals surface area contributed by atoms with Gasteiger partial charge in [-0.25, -0.2) is 4.79 Å². The highest BCUT2D eigenvalue weighted by Crippen LogP contribution is 2.26. The van der Waals surface area contributed by atoms with Crippen LogP contribution in [0.4, 0.5) is 0 Å². The minimum Gasteiger partial charge on any atom is -0.464 e. The number of hydrogen-bond acceptors (Lipinski definition) is 4. The smallest absolute Gasteiger partial charge is 0.328 e. The molecule has 1 amide bonds. The number of rotatable bonds is 4. The summed E-state index contributed by atoms with van der Waals surface area (Å²) in [6.45, 7) is 5.97. The lowest BCUT2D eigenvalue weighted by molar-refractivity contribution is -0.154. The van der Waals surface area contributed by atoms with E-state index in [1.165, 1.54) is 4.90 Å². The first-order valence-corrected chi connectivity index (χ1v) is 6.50. The highest BCUT2D eigenvalue weighted by Gasteiger charge is 2.42. The van der Waals surface area contributed by atoms with Gasteiger partial charge in [0.1, 0.15) is 6.04 Å². The molecule has 0 bridgehead atoms. The predicted molar refractivity (Wildman–Crippen MR) is 71.9 cm³/mol. The molecule has 1 rings (SSSR count). The number of esters is 1. The number of carbonyl (C=O) groups is 2. The van der Waals surface area contributed by atoms with E-state index >= 15 is 0 Å². The molecule has 18 heavy (non-hydrogen) atoms. The van der Waals surface area contributed by atoms with E-state index < -0.39 is 11.5 Å². The number of ether oxygens (including phenoxy) is 1. The van der Waals surface area contributed by atoms with Crippen LogP contribution in [0.25, 0.3) is 0 Å². The fourth-order valence-corrected chi connectivity index (χ4v) is 2.05. The zero-order chi connectivity index (χ0) is 13.9. The van der Waals surface area contributed by atoms with Gasteiger partial charge in [0.25, 0.3) is 0 Å². The normalized spacial score (nSPS) is 19.7. The van der Waals surface area contributed by atoms with E-state index in [1.54, 1.807) is 20.8 Å². The minimum absolute atomic E-state index is 0.141. The largest absolute Gasteiger partial charge is 0.464 e. The van der Waals surface area contributed by atoms with E-state index in [4.69, 9.17) is 22.7 Å². The number of nitrogens with two attached hydrogens (primary N) is 1.